The number of hydrogen-bond acceptors (Lipinski definition) is 7. The van der Waals surface area contributed by atoms with Gasteiger partial charge in [-0.05, 0) is 68.2 Å². The van der Waals surface area contributed by atoms with E-state index in [0.29, 0.717) is 50.9 Å². The number of likely N-dealkylation sites (tertiary alicyclic amines) is 1. The maximum Gasteiger partial charge on any atom is 0.211 e. The molecule has 4 aromatic rings. The average molecular weight is 581 g/mol. The summed E-state index contributed by atoms with van der Waals surface area (Å²) in [6, 6.07) is 11.6. The minimum Gasteiger partial charge on any atom is -0.495 e. The highest BCUT2D eigenvalue weighted by Crippen LogP contribution is 2.45. The molecule has 5 rings (SSSR count). The lowest BCUT2D eigenvalue weighted by molar-refractivity contribution is -0.105. The van der Waals surface area contributed by atoms with Gasteiger partial charge in [0.05, 0.1) is 41.3 Å². The third kappa shape index (κ3) is 5.66. The van der Waals surface area contributed by atoms with Gasteiger partial charge in [-0.2, -0.15) is 0 Å². The molecule has 0 spiro atoms. The highest BCUT2D eigenvalue weighted by atomic mass is 35.5. The van der Waals surface area contributed by atoms with Crippen LogP contribution in [0.3, 0.4) is 0 Å². The number of amides is 1. The van der Waals surface area contributed by atoms with Crippen LogP contribution in [0.4, 0.5) is 17.2 Å². The van der Waals surface area contributed by atoms with Gasteiger partial charge in [0.25, 0.3) is 0 Å². The number of nitrogens with zero attached hydrogens (tertiary/aromatic N) is 3. The Morgan fingerprint density at radius 3 is 2.27 bits per heavy atom. The van der Waals surface area contributed by atoms with Gasteiger partial charge in [-0.25, -0.2) is 4.98 Å². The molecule has 0 aliphatic carbocycles. The van der Waals surface area contributed by atoms with Crippen molar-refractivity contribution in [3.05, 3.63) is 64.4 Å². The minimum atomic E-state index is 0.348. The summed E-state index contributed by atoms with van der Waals surface area (Å²) < 4.78 is 10.8. The number of rotatable bonds is 9. The van der Waals surface area contributed by atoms with E-state index in [1.165, 1.54) is 19.8 Å². The number of nitrogens with one attached hydrogen (secondary N) is 2. The average Bonchev–Trinajstić information content (AvgIpc) is 2.98. The molecule has 40 heavy (non-hydrogen) atoms. The van der Waals surface area contributed by atoms with Crippen LogP contribution in [0.5, 0.6) is 11.5 Å². The number of pyridine rings is 2. The molecular weight excluding hydrogens is 549 g/mol. The molecule has 8 nitrogen and oxygen atoms in total. The number of hydrogen-bond donors (Lipinski definition) is 2. The fourth-order valence-electron chi connectivity index (χ4n) is 5.18. The second-order valence-corrected chi connectivity index (χ2v) is 10.4. The smallest absolute Gasteiger partial charge is 0.211 e. The lowest BCUT2D eigenvalue weighted by Gasteiger charge is -2.31. The Labute approximate surface area is 243 Å². The van der Waals surface area contributed by atoms with Crippen LogP contribution < -0.4 is 20.1 Å². The first-order chi connectivity index (χ1) is 19.4. The standard InChI is InChI=1S/C30H31Cl2N5O3/c1-4-37-9-7-18(8-10-37)19-5-6-22(23(11-19)35-17-38)36-27-13-21-15-33-24(12-20(21)16-34-27)28-29(31)25(39-2)14-26(40-3)30(28)32/h5-6,11-18H,4,7-10H2,1-3H3,(H,34,36)(H,35,38). The summed E-state index contributed by atoms with van der Waals surface area (Å²) in [7, 11) is 3.06. The third-order valence-electron chi connectivity index (χ3n) is 7.46. The van der Waals surface area contributed by atoms with E-state index in [4.69, 9.17) is 32.7 Å². The van der Waals surface area contributed by atoms with Gasteiger partial charge in [0.15, 0.2) is 0 Å². The van der Waals surface area contributed by atoms with E-state index in [2.05, 4.69) is 44.6 Å². The number of methoxy groups -OCH3 is 2. The molecule has 2 aromatic heterocycles. The fraction of sp³-hybridized carbons (Fsp3) is 0.300. The second-order valence-electron chi connectivity index (χ2n) is 9.67. The molecule has 3 heterocycles. The Morgan fingerprint density at radius 1 is 0.950 bits per heavy atom. The largest absolute Gasteiger partial charge is 0.495 e. The minimum absolute atomic E-state index is 0.348. The number of fused-ring (bicyclic) bond motifs is 1. The van der Waals surface area contributed by atoms with Gasteiger partial charge in [0, 0.05) is 34.8 Å². The van der Waals surface area contributed by atoms with Crippen molar-refractivity contribution in [2.45, 2.75) is 25.7 Å². The number of ether oxygens (including phenoxy) is 2. The molecular formula is C30H31Cl2N5O3. The van der Waals surface area contributed by atoms with Crippen LogP contribution in [0.15, 0.2) is 48.8 Å². The quantitative estimate of drug-likeness (QED) is 0.204. The number of halogens is 2. The Bertz CT molecular complexity index is 1510. The third-order valence-corrected chi connectivity index (χ3v) is 8.21. The summed E-state index contributed by atoms with van der Waals surface area (Å²) in [4.78, 5) is 23.1. The molecule has 1 fully saturated rings. The van der Waals surface area contributed by atoms with Crippen LogP contribution in [0.2, 0.25) is 10.0 Å². The van der Waals surface area contributed by atoms with E-state index in [-0.39, 0.29) is 0 Å². The van der Waals surface area contributed by atoms with Gasteiger partial charge < -0.3 is 25.0 Å². The van der Waals surface area contributed by atoms with E-state index in [1.54, 1.807) is 18.5 Å². The summed E-state index contributed by atoms with van der Waals surface area (Å²) >= 11 is 13.2. The Kier molecular flexibility index (Phi) is 8.59. The van der Waals surface area contributed by atoms with Crippen molar-refractivity contribution in [3.63, 3.8) is 0 Å². The topological polar surface area (TPSA) is 88.6 Å². The summed E-state index contributed by atoms with van der Waals surface area (Å²) in [5.74, 6) is 1.98. The SMILES string of the molecule is CCN1CCC(c2ccc(Nc3cc4cnc(-c5c(Cl)c(OC)cc(OC)c5Cl)cc4cn3)c(NC=O)c2)CC1. The number of benzene rings is 2. The molecule has 1 amide bonds. The molecule has 208 valence electrons. The van der Waals surface area contributed by atoms with Crippen molar-refractivity contribution in [1.82, 2.24) is 14.9 Å². The predicted octanol–water partition coefficient (Wildman–Crippen LogP) is 7.13. The van der Waals surface area contributed by atoms with Gasteiger partial charge in [-0.3, -0.25) is 9.78 Å². The van der Waals surface area contributed by atoms with Crippen LogP contribution >= 0.6 is 23.2 Å². The normalized spacial score (nSPS) is 14.2. The van der Waals surface area contributed by atoms with E-state index >= 15 is 0 Å². The molecule has 1 aliphatic heterocycles. The maximum atomic E-state index is 11.4. The monoisotopic (exact) mass is 579 g/mol. The molecule has 0 unspecified atom stereocenters. The summed E-state index contributed by atoms with van der Waals surface area (Å²) in [5.41, 5.74) is 3.81. The highest BCUT2D eigenvalue weighted by molar-refractivity contribution is 6.41. The van der Waals surface area contributed by atoms with Crippen molar-refractivity contribution in [3.8, 4) is 22.8 Å². The molecule has 10 heteroatoms. The van der Waals surface area contributed by atoms with Crippen molar-refractivity contribution in [2.75, 3.05) is 44.5 Å². The van der Waals surface area contributed by atoms with E-state index in [1.807, 2.05) is 18.2 Å². The van der Waals surface area contributed by atoms with E-state index < -0.39 is 0 Å². The van der Waals surface area contributed by atoms with Crippen LogP contribution in [-0.2, 0) is 4.79 Å². The lowest BCUT2D eigenvalue weighted by Crippen LogP contribution is -2.32. The molecule has 1 aliphatic rings. The number of aromatic nitrogens is 2. The molecule has 2 aromatic carbocycles. The van der Waals surface area contributed by atoms with Crippen LogP contribution in [0.25, 0.3) is 22.0 Å². The van der Waals surface area contributed by atoms with Crippen molar-refractivity contribution < 1.29 is 14.3 Å². The Hall–Kier alpha value is -3.59. The number of anilines is 3. The highest BCUT2D eigenvalue weighted by Gasteiger charge is 2.22. The van der Waals surface area contributed by atoms with E-state index in [9.17, 15) is 4.79 Å². The van der Waals surface area contributed by atoms with Crippen LogP contribution in [0.1, 0.15) is 31.2 Å². The predicted molar refractivity (Wildman–Crippen MR) is 162 cm³/mol. The number of carbonyl (C=O) groups excluding carboxylic acids is 1. The molecule has 1 saturated heterocycles. The zero-order valence-electron chi connectivity index (χ0n) is 22.6. The second kappa shape index (κ2) is 12.3. The first kappa shape index (κ1) is 28.0. The van der Waals surface area contributed by atoms with E-state index in [0.717, 1.165) is 54.6 Å². The Morgan fingerprint density at radius 2 is 1.62 bits per heavy atom. The molecule has 0 saturated carbocycles. The van der Waals surface area contributed by atoms with Gasteiger partial charge in [-0.15, -0.1) is 0 Å². The zero-order valence-corrected chi connectivity index (χ0v) is 24.1. The molecule has 0 atom stereocenters. The first-order valence-electron chi connectivity index (χ1n) is 13.1. The first-order valence-corrected chi connectivity index (χ1v) is 13.9. The number of piperidine rings is 1. The zero-order chi connectivity index (χ0) is 28.2. The van der Waals surface area contributed by atoms with Crippen LogP contribution in [-0.4, -0.2) is 55.1 Å². The van der Waals surface area contributed by atoms with Crippen LogP contribution in [0, 0.1) is 0 Å². The lowest BCUT2D eigenvalue weighted by atomic mass is 9.89. The molecule has 2 N–H and O–H groups in total. The van der Waals surface area contributed by atoms with Gasteiger partial charge >= 0.3 is 0 Å². The van der Waals surface area contributed by atoms with Gasteiger partial charge in [-0.1, -0.05) is 36.2 Å². The van der Waals surface area contributed by atoms with Crippen molar-refractivity contribution >= 4 is 57.6 Å². The number of carbonyl (C=O) groups is 1. The molecule has 0 bridgehead atoms. The summed E-state index contributed by atoms with van der Waals surface area (Å²) in [6.45, 7) is 5.47. The van der Waals surface area contributed by atoms with Crippen molar-refractivity contribution in [2.24, 2.45) is 0 Å². The van der Waals surface area contributed by atoms with Crippen molar-refractivity contribution in [1.29, 1.82) is 0 Å². The maximum absolute atomic E-state index is 11.4. The summed E-state index contributed by atoms with van der Waals surface area (Å²) in [6.07, 6.45) is 6.42. The van der Waals surface area contributed by atoms with Gasteiger partial charge in [0.2, 0.25) is 6.41 Å². The summed E-state index contributed by atoms with van der Waals surface area (Å²) in [5, 5.41) is 8.61. The fourth-order valence-corrected chi connectivity index (χ4v) is 5.88. The van der Waals surface area contributed by atoms with Gasteiger partial charge in [0.1, 0.15) is 17.3 Å². The Balaban J connectivity index is 1.42. The molecule has 0 radical (unpaired) electrons.